The van der Waals surface area contributed by atoms with E-state index < -0.39 is 4.92 Å². The van der Waals surface area contributed by atoms with Gasteiger partial charge < -0.3 is 9.30 Å². The third-order valence-corrected chi connectivity index (χ3v) is 4.51. The zero-order chi connectivity index (χ0) is 17.4. The summed E-state index contributed by atoms with van der Waals surface area (Å²) in [6.45, 7) is 5.46. The summed E-state index contributed by atoms with van der Waals surface area (Å²) in [6.07, 6.45) is 2.32. The lowest BCUT2D eigenvalue weighted by Gasteiger charge is -2.09. The van der Waals surface area contributed by atoms with Crippen molar-refractivity contribution in [2.75, 3.05) is 6.61 Å². The van der Waals surface area contributed by atoms with Crippen LogP contribution in [-0.4, -0.2) is 21.9 Å². The van der Waals surface area contributed by atoms with Crippen molar-refractivity contribution in [3.8, 4) is 5.75 Å². The number of benzene rings is 1. The first-order chi connectivity index (χ1) is 11.4. The number of ketones is 1. The van der Waals surface area contributed by atoms with Crippen LogP contribution in [0.4, 0.5) is 5.69 Å². The summed E-state index contributed by atoms with van der Waals surface area (Å²) in [4.78, 5) is 23.0. The number of nitro groups is 1. The van der Waals surface area contributed by atoms with Gasteiger partial charge in [-0.15, -0.1) is 0 Å². The van der Waals surface area contributed by atoms with Crippen LogP contribution in [-0.2, 0) is 0 Å². The topological polar surface area (TPSA) is 74.4 Å². The first kappa shape index (κ1) is 16.2. The van der Waals surface area contributed by atoms with Crippen molar-refractivity contribution in [1.29, 1.82) is 0 Å². The molecular formula is C18H20N2O4. The number of rotatable bonds is 6. The second-order valence-corrected chi connectivity index (χ2v) is 6.26. The van der Waals surface area contributed by atoms with E-state index in [1.54, 1.807) is 19.1 Å². The second-order valence-electron chi connectivity index (χ2n) is 6.26. The minimum absolute atomic E-state index is 0.00754. The Bertz CT molecular complexity index is 819. The SMILES string of the molecule is Cc1c(OCC(=O)c2cc(C)n(C3CC3)c2C)cccc1[N+](=O)[O-]. The van der Waals surface area contributed by atoms with Gasteiger partial charge in [0.2, 0.25) is 5.78 Å². The summed E-state index contributed by atoms with van der Waals surface area (Å²) in [7, 11) is 0. The number of carbonyl (C=O) groups is 1. The fourth-order valence-electron chi connectivity index (χ4n) is 3.13. The molecule has 0 aliphatic heterocycles. The van der Waals surface area contributed by atoms with Crippen LogP contribution in [0.3, 0.4) is 0 Å². The Labute approximate surface area is 140 Å². The molecule has 1 aromatic carbocycles. The van der Waals surface area contributed by atoms with Gasteiger partial charge in [-0.3, -0.25) is 14.9 Å². The van der Waals surface area contributed by atoms with E-state index in [-0.39, 0.29) is 18.1 Å². The highest BCUT2D eigenvalue weighted by Crippen LogP contribution is 2.38. The lowest BCUT2D eigenvalue weighted by molar-refractivity contribution is -0.385. The van der Waals surface area contributed by atoms with Gasteiger partial charge in [-0.1, -0.05) is 6.07 Å². The summed E-state index contributed by atoms with van der Waals surface area (Å²) in [5, 5.41) is 11.0. The van der Waals surface area contributed by atoms with Crippen LogP contribution < -0.4 is 4.74 Å². The minimum Gasteiger partial charge on any atom is -0.485 e. The maximum atomic E-state index is 12.5. The van der Waals surface area contributed by atoms with E-state index in [1.165, 1.54) is 6.07 Å². The quantitative estimate of drug-likeness (QED) is 0.457. The Kier molecular flexibility index (Phi) is 4.13. The van der Waals surface area contributed by atoms with E-state index in [0.717, 1.165) is 24.2 Å². The molecule has 3 rings (SSSR count). The number of nitrogens with zero attached hydrogens (tertiary/aromatic N) is 2. The van der Waals surface area contributed by atoms with Crippen LogP contribution in [0.2, 0.25) is 0 Å². The van der Waals surface area contributed by atoms with Crippen molar-refractivity contribution >= 4 is 11.5 Å². The van der Waals surface area contributed by atoms with Crippen LogP contribution in [0.1, 0.15) is 46.2 Å². The largest absolute Gasteiger partial charge is 0.485 e. The molecular weight excluding hydrogens is 308 g/mol. The Balaban J connectivity index is 1.76. The fraction of sp³-hybridized carbons (Fsp3) is 0.389. The van der Waals surface area contributed by atoms with Gasteiger partial charge in [-0.25, -0.2) is 0 Å². The van der Waals surface area contributed by atoms with E-state index in [9.17, 15) is 14.9 Å². The fourth-order valence-corrected chi connectivity index (χ4v) is 3.13. The van der Waals surface area contributed by atoms with Gasteiger partial charge in [0.25, 0.3) is 5.69 Å². The molecule has 0 N–H and O–H groups in total. The van der Waals surface area contributed by atoms with Crippen molar-refractivity contribution in [3.63, 3.8) is 0 Å². The van der Waals surface area contributed by atoms with Crippen LogP contribution in [0.5, 0.6) is 5.75 Å². The van der Waals surface area contributed by atoms with Gasteiger partial charge in [-0.2, -0.15) is 0 Å². The maximum Gasteiger partial charge on any atom is 0.276 e. The summed E-state index contributed by atoms with van der Waals surface area (Å²) < 4.78 is 7.77. The zero-order valence-corrected chi connectivity index (χ0v) is 14.0. The average Bonchev–Trinajstić information content (AvgIpc) is 3.31. The number of Topliss-reactive ketones (excluding diaryl/α,β-unsaturated/α-hetero) is 1. The molecule has 1 saturated carbocycles. The normalized spacial score (nSPS) is 13.8. The molecule has 0 atom stereocenters. The highest BCUT2D eigenvalue weighted by Gasteiger charge is 2.28. The predicted octanol–water partition coefficient (Wildman–Crippen LogP) is 3.92. The molecule has 0 amide bonds. The van der Waals surface area contributed by atoms with Crippen molar-refractivity contribution in [2.24, 2.45) is 0 Å². The van der Waals surface area contributed by atoms with Gasteiger partial charge >= 0.3 is 0 Å². The van der Waals surface area contributed by atoms with Crippen molar-refractivity contribution in [3.05, 3.63) is 56.9 Å². The van der Waals surface area contributed by atoms with Gasteiger partial charge in [-0.05, 0) is 45.7 Å². The lowest BCUT2D eigenvalue weighted by Crippen LogP contribution is -2.13. The van der Waals surface area contributed by atoms with Crippen LogP contribution >= 0.6 is 0 Å². The number of aryl methyl sites for hydroxylation is 1. The Morgan fingerprint density at radius 2 is 2.04 bits per heavy atom. The van der Waals surface area contributed by atoms with Crippen molar-refractivity contribution < 1.29 is 14.5 Å². The first-order valence-electron chi connectivity index (χ1n) is 7.98. The summed E-state index contributed by atoms with van der Waals surface area (Å²) in [6, 6.07) is 7.05. The van der Waals surface area contributed by atoms with Crippen LogP contribution in [0, 0.1) is 30.9 Å². The summed E-state index contributed by atoms with van der Waals surface area (Å²) in [5.74, 6) is 0.259. The predicted molar refractivity (Wildman–Crippen MR) is 89.8 cm³/mol. The molecule has 24 heavy (non-hydrogen) atoms. The molecule has 1 aliphatic carbocycles. The molecule has 0 bridgehead atoms. The summed E-state index contributed by atoms with van der Waals surface area (Å²) in [5.41, 5.74) is 3.15. The average molecular weight is 328 g/mol. The Morgan fingerprint density at radius 3 is 2.67 bits per heavy atom. The van der Waals surface area contributed by atoms with Gasteiger partial charge in [0.05, 0.1) is 10.5 Å². The number of aromatic nitrogens is 1. The molecule has 2 aromatic rings. The summed E-state index contributed by atoms with van der Waals surface area (Å²) >= 11 is 0. The van der Waals surface area contributed by atoms with E-state index in [1.807, 2.05) is 19.9 Å². The molecule has 1 fully saturated rings. The highest BCUT2D eigenvalue weighted by atomic mass is 16.6. The third kappa shape index (κ3) is 2.91. The molecule has 0 saturated heterocycles. The van der Waals surface area contributed by atoms with E-state index in [2.05, 4.69) is 4.57 Å². The molecule has 1 heterocycles. The maximum absolute atomic E-state index is 12.5. The number of ether oxygens (including phenoxy) is 1. The van der Waals surface area contributed by atoms with Gasteiger partial charge in [0.1, 0.15) is 5.75 Å². The molecule has 0 radical (unpaired) electrons. The highest BCUT2D eigenvalue weighted by molar-refractivity contribution is 5.98. The molecule has 0 spiro atoms. The Morgan fingerprint density at radius 1 is 1.33 bits per heavy atom. The molecule has 0 unspecified atom stereocenters. The first-order valence-corrected chi connectivity index (χ1v) is 7.98. The van der Waals surface area contributed by atoms with Gasteiger partial charge in [0, 0.05) is 29.1 Å². The standard InChI is InChI=1S/C18H20N2O4/c1-11-9-15(13(3)19(11)14-7-8-14)17(21)10-24-18-6-4-5-16(12(18)2)20(22)23/h4-6,9,14H,7-8,10H2,1-3H3. The molecule has 6 heteroatoms. The van der Waals surface area contributed by atoms with E-state index in [4.69, 9.17) is 4.74 Å². The second kappa shape index (κ2) is 6.11. The number of hydrogen-bond donors (Lipinski definition) is 0. The van der Waals surface area contributed by atoms with Crippen molar-refractivity contribution in [1.82, 2.24) is 4.57 Å². The smallest absolute Gasteiger partial charge is 0.276 e. The molecule has 1 aromatic heterocycles. The number of hydrogen-bond acceptors (Lipinski definition) is 4. The molecule has 1 aliphatic rings. The molecule has 6 nitrogen and oxygen atoms in total. The van der Waals surface area contributed by atoms with E-state index >= 15 is 0 Å². The van der Waals surface area contributed by atoms with Crippen LogP contribution in [0.15, 0.2) is 24.3 Å². The lowest BCUT2D eigenvalue weighted by atomic mass is 10.1. The van der Waals surface area contributed by atoms with E-state index in [0.29, 0.717) is 22.9 Å². The molecule has 126 valence electrons. The number of carbonyl (C=O) groups excluding carboxylic acids is 1. The number of nitro benzene ring substituents is 1. The third-order valence-electron chi connectivity index (χ3n) is 4.51. The monoisotopic (exact) mass is 328 g/mol. The minimum atomic E-state index is -0.451. The Hall–Kier alpha value is -2.63. The van der Waals surface area contributed by atoms with Crippen molar-refractivity contribution in [2.45, 2.75) is 39.7 Å². The van der Waals surface area contributed by atoms with Gasteiger partial charge in [0.15, 0.2) is 6.61 Å². The van der Waals surface area contributed by atoms with Crippen LogP contribution in [0.25, 0.3) is 0 Å². The zero-order valence-electron chi connectivity index (χ0n) is 14.0.